The molecule has 0 aliphatic carbocycles. The SMILES string of the molecule is C=CC(=O)Nc1cc(Nc2ncc(C(F)(F)F)c(-n3c(=O)n(C)c4ccccc43)n2)c(OC)cc1N(C)CCN(C)C. The van der Waals surface area contributed by atoms with Gasteiger partial charge in [0.25, 0.3) is 0 Å². The maximum atomic E-state index is 14.1. The van der Waals surface area contributed by atoms with Gasteiger partial charge in [0.05, 0.1) is 35.2 Å². The predicted octanol–water partition coefficient (Wildman–Crippen LogP) is 4.01. The summed E-state index contributed by atoms with van der Waals surface area (Å²) in [6.07, 6.45) is -3.11. The highest BCUT2D eigenvalue weighted by atomic mass is 19.4. The Morgan fingerprint density at radius 2 is 1.81 bits per heavy atom. The van der Waals surface area contributed by atoms with Crippen molar-refractivity contribution < 1.29 is 22.7 Å². The monoisotopic (exact) mass is 584 g/mol. The van der Waals surface area contributed by atoms with Gasteiger partial charge >= 0.3 is 11.9 Å². The lowest BCUT2D eigenvalue weighted by atomic mass is 10.2. The molecule has 4 rings (SSSR count). The Kier molecular flexibility index (Phi) is 8.56. The van der Waals surface area contributed by atoms with E-state index < -0.39 is 29.2 Å². The first kappa shape index (κ1) is 30.1. The number of likely N-dealkylation sites (N-methyl/N-ethyl adjacent to an activating group) is 2. The minimum atomic E-state index is -4.84. The lowest BCUT2D eigenvalue weighted by Gasteiger charge is -2.26. The zero-order chi connectivity index (χ0) is 30.8. The number of benzene rings is 2. The van der Waals surface area contributed by atoms with Gasteiger partial charge < -0.3 is 25.2 Å². The number of imidazole rings is 1. The molecule has 2 heterocycles. The first-order valence-corrected chi connectivity index (χ1v) is 12.7. The Bertz CT molecular complexity index is 1690. The van der Waals surface area contributed by atoms with Gasteiger partial charge in [0, 0.05) is 39.4 Å². The van der Waals surface area contributed by atoms with Crippen molar-refractivity contribution in [3.05, 3.63) is 71.3 Å². The number of aryl methyl sites for hydroxylation is 1. The van der Waals surface area contributed by atoms with Gasteiger partial charge in [-0.2, -0.15) is 18.2 Å². The van der Waals surface area contributed by atoms with Crippen LogP contribution < -0.4 is 26.0 Å². The fourth-order valence-corrected chi connectivity index (χ4v) is 4.33. The van der Waals surface area contributed by atoms with Crippen LogP contribution >= 0.6 is 0 Å². The highest BCUT2D eigenvalue weighted by Gasteiger charge is 2.37. The smallest absolute Gasteiger partial charge is 0.421 e. The average molecular weight is 585 g/mol. The van der Waals surface area contributed by atoms with Crippen LogP contribution in [0.3, 0.4) is 0 Å². The van der Waals surface area contributed by atoms with E-state index in [2.05, 4.69) is 27.2 Å². The Labute approximate surface area is 239 Å². The minimum Gasteiger partial charge on any atom is -0.494 e. The summed E-state index contributed by atoms with van der Waals surface area (Å²) in [5.74, 6) is -1.02. The van der Waals surface area contributed by atoms with Crippen molar-refractivity contribution in [1.29, 1.82) is 0 Å². The van der Waals surface area contributed by atoms with E-state index in [9.17, 15) is 22.8 Å². The number of hydrogen-bond acceptors (Lipinski definition) is 8. The van der Waals surface area contributed by atoms with Gasteiger partial charge in [0.2, 0.25) is 11.9 Å². The number of amides is 1. The molecule has 14 heteroatoms. The summed E-state index contributed by atoms with van der Waals surface area (Å²) in [6.45, 7) is 4.84. The topological polar surface area (TPSA) is 110 Å². The summed E-state index contributed by atoms with van der Waals surface area (Å²) < 4.78 is 50.0. The predicted molar refractivity (Wildman–Crippen MR) is 156 cm³/mol. The fourth-order valence-electron chi connectivity index (χ4n) is 4.33. The highest BCUT2D eigenvalue weighted by Crippen LogP contribution is 2.39. The molecule has 0 aliphatic heterocycles. The molecule has 0 saturated heterocycles. The quantitative estimate of drug-likeness (QED) is 0.269. The summed E-state index contributed by atoms with van der Waals surface area (Å²) in [6, 6.07) is 9.70. The number of methoxy groups -OCH3 is 1. The van der Waals surface area contributed by atoms with Crippen LogP contribution in [0.25, 0.3) is 16.9 Å². The zero-order valence-electron chi connectivity index (χ0n) is 23.8. The highest BCUT2D eigenvalue weighted by molar-refractivity contribution is 6.02. The third-order valence-corrected chi connectivity index (χ3v) is 6.55. The molecule has 42 heavy (non-hydrogen) atoms. The number of fused-ring (bicyclic) bond motifs is 1. The van der Waals surface area contributed by atoms with Crippen LogP contribution in [-0.2, 0) is 18.0 Å². The molecule has 0 radical (unpaired) electrons. The standard InChI is InChI=1S/C28H31F3N8O3/c1-7-24(40)33-18-14-19(23(42-6)15-22(18)37(4)13-12-36(2)3)34-26-32-16-17(28(29,30)31)25(35-26)39-21-11-9-8-10-20(21)38(5)27(39)41/h7-11,14-16H,1,12-13H2,2-6H3,(H,33,40)(H,32,34,35). The Morgan fingerprint density at radius 3 is 2.43 bits per heavy atom. The molecule has 2 aromatic heterocycles. The number of carbonyl (C=O) groups excluding carboxylic acids is 1. The summed E-state index contributed by atoms with van der Waals surface area (Å²) in [5.41, 5.74) is 0.0724. The second-order valence-electron chi connectivity index (χ2n) is 9.71. The maximum Gasteiger partial charge on any atom is 0.421 e. The number of alkyl halides is 3. The third kappa shape index (κ3) is 6.07. The number of halogens is 3. The number of ether oxygens (including phenoxy) is 1. The van der Waals surface area contributed by atoms with Gasteiger partial charge in [-0.3, -0.25) is 9.36 Å². The first-order valence-electron chi connectivity index (χ1n) is 12.7. The van der Waals surface area contributed by atoms with Crippen molar-refractivity contribution in [2.24, 2.45) is 7.05 Å². The van der Waals surface area contributed by atoms with E-state index in [-0.39, 0.29) is 17.2 Å². The van der Waals surface area contributed by atoms with E-state index in [0.29, 0.717) is 35.4 Å². The van der Waals surface area contributed by atoms with Crippen LogP contribution in [0.15, 0.2) is 60.0 Å². The molecular weight excluding hydrogens is 553 g/mol. The van der Waals surface area contributed by atoms with Gasteiger partial charge in [-0.1, -0.05) is 18.7 Å². The normalized spacial score (nSPS) is 11.5. The molecule has 0 fully saturated rings. The van der Waals surface area contributed by atoms with E-state index >= 15 is 0 Å². The van der Waals surface area contributed by atoms with Gasteiger partial charge in [-0.05, 0) is 38.4 Å². The largest absolute Gasteiger partial charge is 0.494 e. The zero-order valence-corrected chi connectivity index (χ0v) is 23.8. The van der Waals surface area contributed by atoms with Crippen molar-refractivity contribution >= 4 is 40.0 Å². The molecule has 2 N–H and O–H groups in total. The molecule has 0 unspecified atom stereocenters. The molecular formula is C28H31F3N8O3. The van der Waals surface area contributed by atoms with E-state index in [1.54, 1.807) is 30.3 Å². The number of nitrogens with one attached hydrogen (secondary N) is 2. The number of nitrogens with zero attached hydrogens (tertiary/aromatic N) is 6. The average Bonchev–Trinajstić information content (AvgIpc) is 3.20. The molecule has 0 aliphatic rings. The van der Waals surface area contributed by atoms with E-state index in [0.717, 1.165) is 17.2 Å². The number of hydrogen-bond donors (Lipinski definition) is 2. The van der Waals surface area contributed by atoms with Crippen LogP contribution in [0.5, 0.6) is 5.75 Å². The number of carbonyl (C=O) groups is 1. The summed E-state index contributed by atoms with van der Waals surface area (Å²) in [7, 11) is 8.62. The lowest BCUT2D eigenvalue weighted by molar-refractivity contribution is -0.138. The molecule has 1 amide bonds. The Balaban J connectivity index is 1.85. The molecule has 2 aromatic carbocycles. The second kappa shape index (κ2) is 11.9. The number of anilines is 4. The lowest BCUT2D eigenvalue weighted by Crippen LogP contribution is -2.29. The van der Waals surface area contributed by atoms with Crippen LogP contribution in [0.1, 0.15) is 5.56 Å². The molecule has 222 valence electrons. The van der Waals surface area contributed by atoms with E-state index in [1.165, 1.54) is 24.8 Å². The molecule has 0 saturated carbocycles. The van der Waals surface area contributed by atoms with E-state index in [1.807, 2.05) is 30.9 Å². The van der Waals surface area contributed by atoms with Crippen LogP contribution in [0.2, 0.25) is 0 Å². The molecule has 0 atom stereocenters. The van der Waals surface area contributed by atoms with Crippen LogP contribution in [0, 0.1) is 0 Å². The minimum absolute atomic E-state index is 0.231. The maximum absolute atomic E-state index is 14.1. The summed E-state index contributed by atoms with van der Waals surface area (Å²) in [5, 5.41) is 5.65. The second-order valence-corrected chi connectivity index (χ2v) is 9.71. The van der Waals surface area contributed by atoms with Crippen molar-refractivity contribution in [1.82, 2.24) is 24.0 Å². The number of para-hydroxylation sites is 2. The van der Waals surface area contributed by atoms with Crippen molar-refractivity contribution in [2.45, 2.75) is 6.18 Å². The molecule has 0 spiro atoms. The summed E-state index contributed by atoms with van der Waals surface area (Å²) in [4.78, 5) is 37.3. The molecule has 4 aromatic rings. The first-order chi connectivity index (χ1) is 19.8. The van der Waals surface area contributed by atoms with Crippen molar-refractivity contribution in [3.63, 3.8) is 0 Å². The fraction of sp³-hybridized carbons (Fsp3) is 0.286. The van der Waals surface area contributed by atoms with E-state index in [4.69, 9.17) is 4.74 Å². The van der Waals surface area contributed by atoms with Crippen molar-refractivity contribution in [2.75, 3.05) is 56.9 Å². The number of aromatic nitrogens is 4. The Morgan fingerprint density at radius 1 is 1.12 bits per heavy atom. The van der Waals surface area contributed by atoms with Gasteiger partial charge in [0.15, 0.2) is 5.82 Å². The van der Waals surface area contributed by atoms with Crippen LogP contribution in [0.4, 0.5) is 36.2 Å². The molecule has 11 nitrogen and oxygen atoms in total. The van der Waals surface area contributed by atoms with Gasteiger partial charge in [-0.15, -0.1) is 0 Å². The van der Waals surface area contributed by atoms with Gasteiger partial charge in [-0.25, -0.2) is 14.3 Å². The van der Waals surface area contributed by atoms with Crippen molar-refractivity contribution in [3.8, 4) is 11.6 Å². The number of rotatable bonds is 10. The van der Waals surface area contributed by atoms with Crippen LogP contribution in [-0.4, -0.2) is 71.3 Å². The summed E-state index contributed by atoms with van der Waals surface area (Å²) >= 11 is 0. The Hall–Kier alpha value is -4.85. The molecule has 0 bridgehead atoms. The third-order valence-electron chi connectivity index (χ3n) is 6.55. The van der Waals surface area contributed by atoms with Gasteiger partial charge in [0.1, 0.15) is 11.3 Å².